The Hall–Kier alpha value is -0.930. The zero-order chi connectivity index (χ0) is 6.95. The van der Waals surface area contributed by atoms with Gasteiger partial charge in [-0.1, -0.05) is 6.08 Å². The zero-order valence-corrected chi connectivity index (χ0v) is 5.69. The molecule has 0 bridgehead atoms. The van der Waals surface area contributed by atoms with Crippen LogP contribution in [0.15, 0.2) is 12.2 Å². The highest BCUT2D eigenvalue weighted by Crippen LogP contribution is 1.96. The minimum absolute atomic E-state index is 0.496. The van der Waals surface area contributed by atoms with Crippen molar-refractivity contribution in [2.45, 2.75) is 0 Å². The molecule has 0 rings (SSSR count). The number of nitriles is 2. The Balaban J connectivity index is 3.04. The van der Waals surface area contributed by atoms with Gasteiger partial charge >= 0.3 is 0 Å². The van der Waals surface area contributed by atoms with Gasteiger partial charge in [-0.15, -0.1) is 11.8 Å². The second-order valence-corrected chi connectivity index (χ2v) is 2.23. The maximum absolute atomic E-state index is 8.06. The molecule has 0 spiro atoms. The van der Waals surface area contributed by atoms with Crippen molar-refractivity contribution in [3.05, 3.63) is 12.2 Å². The van der Waals surface area contributed by atoms with Crippen molar-refractivity contribution < 1.29 is 0 Å². The average Bonchev–Trinajstić information content (AvgIpc) is 1.89. The monoisotopic (exact) mass is 138 g/mol. The van der Waals surface area contributed by atoms with Crippen LogP contribution >= 0.6 is 11.8 Å². The van der Waals surface area contributed by atoms with Gasteiger partial charge in [-0.2, -0.15) is 10.5 Å². The zero-order valence-electron chi connectivity index (χ0n) is 4.87. The number of hydrogen-bond acceptors (Lipinski definition) is 3. The molecular weight excluding hydrogens is 132 g/mol. The average molecular weight is 138 g/mol. The summed E-state index contributed by atoms with van der Waals surface area (Å²) >= 11 is 1.49. The first-order chi connectivity index (χ1) is 4.41. The van der Waals surface area contributed by atoms with E-state index in [1.54, 1.807) is 6.08 Å². The summed E-state index contributed by atoms with van der Waals surface area (Å²) in [6, 6.07) is 3.86. The third-order valence-electron chi connectivity index (χ3n) is 0.573. The van der Waals surface area contributed by atoms with Crippen molar-refractivity contribution in [1.82, 2.24) is 0 Å². The van der Waals surface area contributed by atoms with Crippen LogP contribution in [0, 0.1) is 22.7 Å². The fraction of sp³-hybridized carbons (Fsp3) is 0.333. The van der Waals surface area contributed by atoms with E-state index in [2.05, 4.69) is 0 Å². The minimum atomic E-state index is 0.496. The molecule has 2 nitrogen and oxygen atoms in total. The molecule has 0 aliphatic rings. The number of allylic oxidation sites excluding steroid dienone is 1. The van der Waals surface area contributed by atoms with Crippen molar-refractivity contribution >= 4 is 11.8 Å². The Labute approximate surface area is 58.8 Å². The van der Waals surface area contributed by atoms with Gasteiger partial charge in [-0.05, 0) is 0 Å². The van der Waals surface area contributed by atoms with Gasteiger partial charge < -0.3 is 0 Å². The summed E-state index contributed by atoms with van der Waals surface area (Å²) in [4.78, 5) is 0. The molecule has 0 saturated heterocycles. The van der Waals surface area contributed by atoms with Crippen LogP contribution in [-0.4, -0.2) is 11.5 Å². The second-order valence-electron chi connectivity index (χ2n) is 1.20. The van der Waals surface area contributed by atoms with Crippen LogP contribution in [0.5, 0.6) is 0 Å². The Morgan fingerprint density at radius 3 is 2.78 bits per heavy atom. The molecule has 3 heteroatoms. The summed E-state index contributed by atoms with van der Waals surface area (Å²) in [5.41, 5.74) is 0. The van der Waals surface area contributed by atoms with Crippen LogP contribution < -0.4 is 0 Å². The SMILES string of the molecule is N#C/C=C/CSCC#N. The van der Waals surface area contributed by atoms with E-state index in [-0.39, 0.29) is 0 Å². The third kappa shape index (κ3) is 7.07. The van der Waals surface area contributed by atoms with E-state index in [0.29, 0.717) is 5.75 Å². The van der Waals surface area contributed by atoms with Crippen LogP contribution in [0.25, 0.3) is 0 Å². The predicted octanol–water partition coefficient (Wildman–Crippen LogP) is 1.32. The van der Waals surface area contributed by atoms with Crippen molar-refractivity contribution in [1.29, 1.82) is 10.5 Å². The van der Waals surface area contributed by atoms with E-state index in [0.717, 1.165) is 5.75 Å². The van der Waals surface area contributed by atoms with Gasteiger partial charge in [0.2, 0.25) is 0 Å². The van der Waals surface area contributed by atoms with Gasteiger partial charge in [-0.25, -0.2) is 0 Å². The molecule has 0 aromatic rings. The van der Waals surface area contributed by atoms with Crippen LogP contribution in [0.2, 0.25) is 0 Å². The molecule has 0 aliphatic heterocycles. The van der Waals surface area contributed by atoms with E-state index in [1.165, 1.54) is 17.8 Å². The summed E-state index contributed by atoms with van der Waals surface area (Å²) in [6.07, 6.45) is 3.16. The highest BCUT2D eigenvalue weighted by molar-refractivity contribution is 7.99. The Morgan fingerprint density at radius 2 is 2.22 bits per heavy atom. The minimum Gasteiger partial charge on any atom is -0.197 e. The van der Waals surface area contributed by atoms with Crippen molar-refractivity contribution in [3.63, 3.8) is 0 Å². The van der Waals surface area contributed by atoms with Gasteiger partial charge in [0.25, 0.3) is 0 Å². The molecule has 0 N–H and O–H groups in total. The largest absolute Gasteiger partial charge is 0.197 e. The highest BCUT2D eigenvalue weighted by atomic mass is 32.2. The molecule has 0 radical (unpaired) electrons. The number of thioether (sulfide) groups is 1. The molecule has 0 unspecified atom stereocenters. The predicted molar refractivity (Wildman–Crippen MR) is 37.7 cm³/mol. The standard InChI is InChI=1S/C6H6N2S/c7-3-1-2-5-9-6-4-8/h1-2H,5-6H2/b2-1+. The molecule has 0 saturated carbocycles. The molecule has 0 amide bonds. The first-order valence-corrected chi connectivity index (χ1v) is 3.56. The highest BCUT2D eigenvalue weighted by Gasteiger charge is 1.78. The summed E-state index contributed by atoms with van der Waals surface area (Å²) < 4.78 is 0. The third-order valence-corrected chi connectivity index (χ3v) is 1.33. The Kier molecular flexibility index (Phi) is 6.34. The lowest BCUT2D eigenvalue weighted by molar-refractivity contribution is 1.49. The van der Waals surface area contributed by atoms with Crippen LogP contribution in [0.1, 0.15) is 0 Å². The maximum Gasteiger partial charge on any atom is 0.0908 e. The summed E-state index contributed by atoms with van der Waals surface area (Å²) in [6.45, 7) is 0. The molecule has 0 fully saturated rings. The number of rotatable bonds is 3. The molecular formula is C6H6N2S. The Bertz CT molecular complexity index is 161. The maximum atomic E-state index is 8.06. The van der Waals surface area contributed by atoms with Gasteiger partial charge in [0.15, 0.2) is 0 Å². The van der Waals surface area contributed by atoms with Gasteiger partial charge in [0, 0.05) is 11.8 Å². The van der Waals surface area contributed by atoms with E-state index < -0.39 is 0 Å². The number of nitrogens with zero attached hydrogens (tertiary/aromatic N) is 2. The molecule has 0 aromatic carbocycles. The van der Waals surface area contributed by atoms with Gasteiger partial charge in [-0.3, -0.25) is 0 Å². The fourth-order valence-electron chi connectivity index (χ4n) is 0.273. The lowest BCUT2D eigenvalue weighted by Crippen LogP contribution is -1.72. The smallest absolute Gasteiger partial charge is 0.0908 e. The topological polar surface area (TPSA) is 47.6 Å². The normalized spacial score (nSPS) is 8.67. The van der Waals surface area contributed by atoms with E-state index in [4.69, 9.17) is 10.5 Å². The molecule has 0 aliphatic carbocycles. The quantitative estimate of drug-likeness (QED) is 0.436. The first kappa shape index (κ1) is 8.07. The van der Waals surface area contributed by atoms with E-state index in [9.17, 15) is 0 Å². The second kappa shape index (κ2) is 7.07. The summed E-state index contributed by atoms with van der Waals surface area (Å²) in [7, 11) is 0. The number of hydrogen-bond donors (Lipinski definition) is 0. The van der Waals surface area contributed by atoms with E-state index in [1.807, 2.05) is 12.1 Å². The van der Waals surface area contributed by atoms with Crippen molar-refractivity contribution in [2.75, 3.05) is 11.5 Å². The van der Waals surface area contributed by atoms with Crippen LogP contribution in [0.3, 0.4) is 0 Å². The van der Waals surface area contributed by atoms with E-state index >= 15 is 0 Å². The molecule has 0 heterocycles. The first-order valence-electron chi connectivity index (χ1n) is 2.41. The lowest BCUT2D eigenvalue weighted by Gasteiger charge is -1.82. The summed E-state index contributed by atoms with van der Waals surface area (Å²) in [5, 5.41) is 16.1. The fourth-order valence-corrected chi connectivity index (χ4v) is 0.715. The molecule has 0 atom stereocenters. The van der Waals surface area contributed by atoms with Crippen LogP contribution in [0.4, 0.5) is 0 Å². The molecule has 9 heavy (non-hydrogen) atoms. The molecule has 46 valence electrons. The van der Waals surface area contributed by atoms with Crippen molar-refractivity contribution in [3.8, 4) is 12.1 Å². The van der Waals surface area contributed by atoms with Gasteiger partial charge in [0.1, 0.15) is 0 Å². The lowest BCUT2D eigenvalue weighted by atomic mass is 10.6. The van der Waals surface area contributed by atoms with Gasteiger partial charge in [0.05, 0.1) is 17.9 Å². The van der Waals surface area contributed by atoms with Crippen molar-refractivity contribution in [2.24, 2.45) is 0 Å². The summed E-state index contributed by atoms with van der Waals surface area (Å²) in [5.74, 6) is 1.25. The van der Waals surface area contributed by atoms with Crippen LogP contribution in [-0.2, 0) is 0 Å². The Morgan fingerprint density at radius 1 is 1.44 bits per heavy atom. The molecule has 0 aromatic heterocycles.